The average Bonchev–Trinajstić information content (AvgIpc) is 3.24. The molecule has 5 rings (SSSR count). The summed E-state index contributed by atoms with van der Waals surface area (Å²) >= 11 is 0. The van der Waals surface area contributed by atoms with Gasteiger partial charge >= 0.3 is 11.8 Å². The maximum atomic E-state index is 13.6. The van der Waals surface area contributed by atoms with Crippen molar-refractivity contribution >= 4 is 22.0 Å². The minimum Gasteiger partial charge on any atom is -0.423 e. The van der Waals surface area contributed by atoms with Gasteiger partial charge in [0.25, 0.3) is 0 Å². The molecule has 0 radical (unpaired) electrons. The highest BCUT2D eigenvalue weighted by Crippen LogP contribution is 2.33. The summed E-state index contributed by atoms with van der Waals surface area (Å²) < 4.78 is 47.2. The average molecular weight is 384 g/mol. The predicted octanol–water partition coefficient (Wildman–Crippen LogP) is 4.70. The molecule has 0 N–H and O–H groups in total. The van der Waals surface area contributed by atoms with Gasteiger partial charge in [-0.1, -0.05) is 12.1 Å². The fraction of sp³-hybridized carbons (Fsp3) is 0.238. The molecule has 0 bridgehead atoms. The summed E-state index contributed by atoms with van der Waals surface area (Å²) in [5.74, 6) is -0.976. The van der Waals surface area contributed by atoms with Crippen LogP contribution < -0.4 is 5.63 Å². The number of alkyl halides is 3. The van der Waals surface area contributed by atoms with Crippen LogP contribution in [0.3, 0.4) is 0 Å². The first-order valence-electron chi connectivity index (χ1n) is 9.01. The summed E-state index contributed by atoms with van der Waals surface area (Å²) in [5, 5.41) is 0.672. The standard InChI is InChI=1S/C21H15F3N2O2/c22-21(23,24)20-25-16-6-1-2-7-17(16)26(20)11-14-10-19(27)28-18-9-13-5-3-4-12(13)8-15(14)18/h1-2,6-10H,3-5,11H2. The highest BCUT2D eigenvalue weighted by Gasteiger charge is 2.37. The molecule has 0 spiro atoms. The monoisotopic (exact) mass is 384 g/mol. The molecule has 1 aliphatic carbocycles. The predicted molar refractivity (Wildman–Crippen MR) is 98.3 cm³/mol. The molecule has 0 amide bonds. The number of imidazole rings is 1. The molecule has 2 aromatic heterocycles. The van der Waals surface area contributed by atoms with Crippen molar-refractivity contribution < 1.29 is 17.6 Å². The molecule has 142 valence electrons. The number of halogens is 3. The number of hydrogen-bond donors (Lipinski definition) is 0. The Labute approximate surface area is 157 Å². The van der Waals surface area contributed by atoms with Crippen molar-refractivity contribution in [2.45, 2.75) is 32.0 Å². The van der Waals surface area contributed by atoms with E-state index in [0.717, 1.165) is 35.0 Å². The number of hydrogen-bond acceptors (Lipinski definition) is 3. The highest BCUT2D eigenvalue weighted by molar-refractivity contribution is 5.83. The normalized spacial score (nSPS) is 14.1. The minimum absolute atomic E-state index is 0.115. The minimum atomic E-state index is -4.60. The zero-order valence-corrected chi connectivity index (χ0v) is 14.7. The summed E-state index contributed by atoms with van der Waals surface area (Å²) in [6.45, 7) is -0.115. The molecule has 0 unspecified atom stereocenters. The molecule has 2 aromatic carbocycles. The zero-order chi connectivity index (χ0) is 19.5. The van der Waals surface area contributed by atoms with E-state index in [-0.39, 0.29) is 12.1 Å². The molecule has 0 atom stereocenters. The number of aromatic nitrogens is 2. The molecule has 0 aliphatic heterocycles. The Bertz CT molecular complexity index is 1280. The third-order valence-electron chi connectivity index (χ3n) is 5.28. The third-order valence-corrected chi connectivity index (χ3v) is 5.28. The quantitative estimate of drug-likeness (QED) is 0.471. The molecule has 7 heteroatoms. The van der Waals surface area contributed by atoms with Crippen molar-refractivity contribution in [1.82, 2.24) is 9.55 Å². The fourth-order valence-electron chi connectivity index (χ4n) is 4.05. The van der Waals surface area contributed by atoms with Gasteiger partial charge in [-0.3, -0.25) is 0 Å². The van der Waals surface area contributed by atoms with Crippen molar-refractivity contribution in [2.24, 2.45) is 0 Å². The van der Waals surface area contributed by atoms with E-state index >= 15 is 0 Å². The fourth-order valence-corrected chi connectivity index (χ4v) is 4.05. The molecule has 4 nitrogen and oxygen atoms in total. The van der Waals surface area contributed by atoms with Crippen molar-refractivity contribution in [1.29, 1.82) is 0 Å². The lowest BCUT2D eigenvalue weighted by Crippen LogP contribution is -2.16. The Morgan fingerprint density at radius 3 is 2.61 bits per heavy atom. The first-order chi connectivity index (χ1) is 13.4. The van der Waals surface area contributed by atoms with Gasteiger partial charge in [0.1, 0.15) is 5.58 Å². The van der Waals surface area contributed by atoms with Gasteiger partial charge in [-0.25, -0.2) is 9.78 Å². The van der Waals surface area contributed by atoms with Crippen LogP contribution in [-0.2, 0) is 25.6 Å². The van der Waals surface area contributed by atoms with Crippen LogP contribution in [0.15, 0.2) is 51.7 Å². The summed E-state index contributed by atoms with van der Waals surface area (Å²) in [7, 11) is 0. The van der Waals surface area contributed by atoms with Crippen LogP contribution in [0.2, 0.25) is 0 Å². The molecular formula is C21H15F3N2O2. The first-order valence-corrected chi connectivity index (χ1v) is 9.01. The van der Waals surface area contributed by atoms with Crippen LogP contribution in [0.25, 0.3) is 22.0 Å². The van der Waals surface area contributed by atoms with E-state index < -0.39 is 17.6 Å². The van der Waals surface area contributed by atoms with Crippen molar-refractivity contribution in [3.05, 3.63) is 75.4 Å². The molecule has 0 saturated heterocycles. The van der Waals surface area contributed by atoms with Gasteiger partial charge in [0, 0.05) is 11.5 Å². The summed E-state index contributed by atoms with van der Waals surface area (Å²) in [5.41, 5.74) is 3.28. The van der Waals surface area contributed by atoms with Crippen LogP contribution in [0, 0.1) is 0 Å². The maximum absolute atomic E-state index is 13.6. The van der Waals surface area contributed by atoms with Crippen molar-refractivity contribution in [2.75, 3.05) is 0 Å². The topological polar surface area (TPSA) is 48.0 Å². The Morgan fingerprint density at radius 1 is 1.07 bits per heavy atom. The largest absolute Gasteiger partial charge is 0.449 e. The van der Waals surface area contributed by atoms with Crippen LogP contribution in [0.4, 0.5) is 13.2 Å². The Balaban J connectivity index is 1.74. The van der Waals surface area contributed by atoms with Crippen LogP contribution >= 0.6 is 0 Å². The molecule has 1 aliphatic rings. The number of nitrogens with zero attached hydrogens (tertiary/aromatic N) is 2. The lowest BCUT2D eigenvalue weighted by atomic mass is 10.0. The highest BCUT2D eigenvalue weighted by atomic mass is 19.4. The Morgan fingerprint density at radius 2 is 1.82 bits per heavy atom. The van der Waals surface area contributed by atoms with Crippen molar-refractivity contribution in [3.63, 3.8) is 0 Å². The number of fused-ring (bicyclic) bond motifs is 3. The third kappa shape index (κ3) is 2.69. The van der Waals surface area contributed by atoms with E-state index in [9.17, 15) is 18.0 Å². The summed E-state index contributed by atoms with van der Waals surface area (Å²) in [6.07, 6.45) is -1.74. The lowest BCUT2D eigenvalue weighted by Gasteiger charge is -2.13. The SMILES string of the molecule is O=c1cc(Cn2c(C(F)(F)F)nc3ccccc32)c2cc3c(cc2o1)CCC3. The van der Waals surface area contributed by atoms with E-state index in [1.165, 1.54) is 6.07 Å². The lowest BCUT2D eigenvalue weighted by molar-refractivity contribution is -0.146. The van der Waals surface area contributed by atoms with E-state index in [2.05, 4.69) is 4.98 Å². The van der Waals surface area contributed by atoms with Gasteiger partial charge in [0.05, 0.1) is 17.6 Å². The molecule has 28 heavy (non-hydrogen) atoms. The van der Waals surface area contributed by atoms with Gasteiger partial charge < -0.3 is 8.98 Å². The number of aryl methyl sites for hydroxylation is 2. The second-order valence-electron chi connectivity index (χ2n) is 7.07. The second-order valence-corrected chi connectivity index (χ2v) is 7.07. The smallest absolute Gasteiger partial charge is 0.423 e. The Kier molecular flexibility index (Phi) is 3.62. The van der Waals surface area contributed by atoms with E-state index in [4.69, 9.17) is 4.42 Å². The van der Waals surface area contributed by atoms with Gasteiger partial charge in [-0.2, -0.15) is 13.2 Å². The zero-order valence-electron chi connectivity index (χ0n) is 14.7. The van der Waals surface area contributed by atoms with Gasteiger partial charge in [-0.15, -0.1) is 0 Å². The molecular weight excluding hydrogens is 369 g/mol. The van der Waals surface area contributed by atoms with E-state index in [1.807, 2.05) is 12.1 Å². The maximum Gasteiger partial charge on any atom is 0.449 e. The number of para-hydroxylation sites is 2. The van der Waals surface area contributed by atoms with Crippen molar-refractivity contribution in [3.8, 4) is 0 Å². The second kappa shape index (κ2) is 5.95. The van der Waals surface area contributed by atoms with Gasteiger partial charge in [-0.05, 0) is 60.2 Å². The van der Waals surface area contributed by atoms with Gasteiger partial charge in [0.2, 0.25) is 5.82 Å². The van der Waals surface area contributed by atoms with Crippen LogP contribution in [0.1, 0.15) is 28.9 Å². The molecule has 0 saturated carbocycles. The van der Waals surface area contributed by atoms with Crippen LogP contribution in [-0.4, -0.2) is 9.55 Å². The van der Waals surface area contributed by atoms with E-state index in [0.29, 0.717) is 22.0 Å². The summed E-state index contributed by atoms with van der Waals surface area (Å²) in [6, 6.07) is 11.5. The molecule has 0 fully saturated rings. The number of benzene rings is 2. The first kappa shape index (κ1) is 17.0. The van der Waals surface area contributed by atoms with E-state index in [1.54, 1.807) is 24.3 Å². The molecule has 2 heterocycles. The Hall–Kier alpha value is -3.09. The number of rotatable bonds is 2. The van der Waals surface area contributed by atoms with Crippen LogP contribution in [0.5, 0.6) is 0 Å². The van der Waals surface area contributed by atoms with Gasteiger partial charge in [0.15, 0.2) is 0 Å². The molecule has 4 aromatic rings. The summed E-state index contributed by atoms with van der Waals surface area (Å²) in [4.78, 5) is 15.8.